The summed E-state index contributed by atoms with van der Waals surface area (Å²) in [6.45, 7) is 1.33. The second kappa shape index (κ2) is 5.18. The number of carbonyl (C=O) groups is 2. The Bertz CT molecular complexity index is 456. The van der Waals surface area contributed by atoms with Crippen LogP contribution in [-0.2, 0) is 0 Å². The first kappa shape index (κ1) is 12.6. The van der Waals surface area contributed by atoms with Gasteiger partial charge in [-0.2, -0.15) is 0 Å². The number of hydrogen-bond donors (Lipinski definition) is 2. The Morgan fingerprint density at radius 1 is 1.17 bits per heavy atom. The van der Waals surface area contributed by atoms with Gasteiger partial charge in [-0.1, -0.05) is 0 Å². The predicted molar refractivity (Wildman–Crippen MR) is 68.1 cm³/mol. The average molecular weight is 247 g/mol. The van der Waals surface area contributed by atoms with Crippen molar-refractivity contribution in [3.63, 3.8) is 0 Å². The third-order valence-corrected chi connectivity index (χ3v) is 3.16. The summed E-state index contributed by atoms with van der Waals surface area (Å²) in [5, 5.41) is 0. The minimum Gasteiger partial charge on any atom is -0.366 e. The van der Waals surface area contributed by atoms with E-state index >= 15 is 0 Å². The molecule has 0 bridgehead atoms. The normalized spacial score (nSPS) is 19.6. The van der Waals surface area contributed by atoms with Crippen LogP contribution in [0.5, 0.6) is 0 Å². The zero-order valence-corrected chi connectivity index (χ0v) is 10.1. The molecule has 1 heterocycles. The van der Waals surface area contributed by atoms with Crippen LogP contribution in [0.2, 0.25) is 0 Å². The summed E-state index contributed by atoms with van der Waals surface area (Å²) in [4.78, 5) is 24.9. The Kier molecular flexibility index (Phi) is 3.62. The van der Waals surface area contributed by atoms with Gasteiger partial charge in [0.1, 0.15) is 0 Å². The zero-order chi connectivity index (χ0) is 13.1. The van der Waals surface area contributed by atoms with Crippen molar-refractivity contribution in [1.29, 1.82) is 0 Å². The fraction of sp³-hybridized carbons (Fsp3) is 0.385. The van der Waals surface area contributed by atoms with Crippen LogP contribution < -0.4 is 11.5 Å². The maximum Gasteiger partial charge on any atom is 0.253 e. The van der Waals surface area contributed by atoms with Gasteiger partial charge >= 0.3 is 0 Å². The highest BCUT2D eigenvalue weighted by molar-refractivity contribution is 5.97. The van der Waals surface area contributed by atoms with Crippen LogP contribution in [0.15, 0.2) is 24.3 Å². The molecule has 0 radical (unpaired) electrons. The van der Waals surface area contributed by atoms with Crippen molar-refractivity contribution in [3.05, 3.63) is 35.4 Å². The molecular formula is C13H17N3O2. The summed E-state index contributed by atoms with van der Waals surface area (Å²) >= 11 is 0. The van der Waals surface area contributed by atoms with E-state index in [1.165, 1.54) is 0 Å². The van der Waals surface area contributed by atoms with Gasteiger partial charge in [-0.05, 0) is 37.1 Å². The van der Waals surface area contributed by atoms with Gasteiger partial charge in [-0.15, -0.1) is 0 Å². The number of likely N-dealkylation sites (tertiary alicyclic amines) is 1. The number of benzene rings is 1. The Labute approximate surface area is 106 Å². The molecule has 96 valence electrons. The maximum atomic E-state index is 12.2. The predicted octanol–water partition coefficient (Wildman–Crippen LogP) is 0.349. The minimum atomic E-state index is -0.492. The van der Waals surface area contributed by atoms with Crippen LogP contribution >= 0.6 is 0 Å². The van der Waals surface area contributed by atoms with E-state index < -0.39 is 5.91 Å². The molecular weight excluding hydrogens is 230 g/mol. The topological polar surface area (TPSA) is 89.4 Å². The lowest BCUT2D eigenvalue weighted by atomic mass is 10.0. The molecule has 1 unspecified atom stereocenters. The van der Waals surface area contributed by atoms with E-state index in [9.17, 15) is 9.59 Å². The number of primary amides is 1. The molecule has 18 heavy (non-hydrogen) atoms. The van der Waals surface area contributed by atoms with E-state index in [0.29, 0.717) is 17.7 Å². The standard InChI is InChI=1S/C13H17N3O2/c14-11-2-1-7-16(8-11)13(18)10-5-3-9(4-6-10)12(15)17/h3-6,11H,1-2,7-8,14H2,(H2,15,17). The Hall–Kier alpha value is -1.88. The first-order valence-corrected chi connectivity index (χ1v) is 6.02. The van der Waals surface area contributed by atoms with Gasteiger partial charge in [0.15, 0.2) is 0 Å². The smallest absolute Gasteiger partial charge is 0.253 e. The van der Waals surface area contributed by atoms with Crippen LogP contribution in [0.1, 0.15) is 33.6 Å². The Morgan fingerprint density at radius 3 is 2.33 bits per heavy atom. The second-order valence-electron chi connectivity index (χ2n) is 4.60. The number of nitrogens with zero attached hydrogens (tertiary/aromatic N) is 1. The average Bonchev–Trinajstić information content (AvgIpc) is 2.38. The molecule has 1 saturated heterocycles. The fourth-order valence-electron chi connectivity index (χ4n) is 2.15. The summed E-state index contributed by atoms with van der Waals surface area (Å²) in [5.41, 5.74) is 12.0. The third kappa shape index (κ3) is 2.68. The van der Waals surface area contributed by atoms with Crippen molar-refractivity contribution in [1.82, 2.24) is 4.90 Å². The summed E-state index contributed by atoms with van der Waals surface area (Å²) < 4.78 is 0. The van der Waals surface area contributed by atoms with E-state index in [0.717, 1.165) is 19.4 Å². The van der Waals surface area contributed by atoms with Crippen LogP contribution in [0.3, 0.4) is 0 Å². The lowest BCUT2D eigenvalue weighted by Gasteiger charge is -2.30. The van der Waals surface area contributed by atoms with Crippen LogP contribution in [0.4, 0.5) is 0 Å². The van der Waals surface area contributed by atoms with Crippen molar-refractivity contribution in [2.45, 2.75) is 18.9 Å². The molecule has 0 aliphatic carbocycles. The number of amides is 2. The Morgan fingerprint density at radius 2 is 1.78 bits per heavy atom. The SMILES string of the molecule is NC(=O)c1ccc(C(=O)N2CCCC(N)C2)cc1. The zero-order valence-electron chi connectivity index (χ0n) is 10.1. The van der Waals surface area contributed by atoms with Gasteiger partial charge in [0.05, 0.1) is 0 Å². The summed E-state index contributed by atoms with van der Waals surface area (Å²) in [5.74, 6) is -0.532. The van der Waals surface area contributed by atoms with Crippen LogP contribution in [-0.4, -0.2) is 35.8 Å². The fourth-order valence-corrected chi connectivity index (χ4v) is 2.15. The molecule has 0 aromatic heterocycles. The maximum absolute atomic E-state index is 12.2. The molecule has 5 heteroatoms. The quantitative estimate of drug-likeness (QED) is 0.790. The van der Waals surface area contributed by atoms with E-state index in [-0.39, 0.29) is 11.9 Å². The molecule has 2 rings (SSSR count). The summed E-state index contributed by atoms with van der Waals surface area (Å²) in [7, 11) is 0. The van der Waals surface area contributed by atoms with Gasteiger partial charge in [0, 0.05) is 30.3 Å². The van der Waals surface area contributed by atoms with Gasteiger partial charge in [-0.3, -0.25) is 9.59 Å². The lowest BCUT2D eigenvalue weighted by molar-refractivity contribution is 0.0708. The highest BCUT2D eigenvalue weighted by Crippen LogP contribution is 2.13. The number of carbonyl (C=O) groups excluding carboxylic acids is 2. The van der Waals surface area contributed by atoms with Crippen molar-refractivity contribution in [2.24, 2.45) is 11.5 Å². The van der Waals surface area contributed by atoms with E-state index in [1.54, 1.807) is 29.2 Å². The highest BCUT2D eigenvalue weighted by Gasteiger charge is 2.22. The molecule has 2 amide bonds. The van der Waals surface area contributed by atoms with Crippen molar-refractivity contribution >= 4 is 11.8 Å². The third-order valence-electron chi connectivity index (χ3n) is 3.16. The molecule has 1 aliphatic rings. The molecule has 4 N–H and O–H groups in total. The van der Waals surface area contributed by atoms with Gasteiger partial charge < -0.3 is 16.4 Å². The van der Waals surface area contributed by atoms with Crippen LogP contribution in [0, 0.1) is 0 Å². The highest BCUT2D eigenvalue weighted by atomic mass is 16.2. The van der Waals surface area contributed by atoms with Gasteiger partial charge in [-0.25, -0.2) is 0 Å². The lowest BCUT2D eigenvalue weighted by Crippen LogP contribution is -2.45. The van der Waals surface area contributed by atoms with Crippen molar-refractivity contribution in [2.75, 3.05) is 13.1 Å². The molecule has 1 aromatic carbocycles. The molecule has 1 atom stereocenters. The number of hydrogen-bond acceptors (Lipinski definition) is 3. The summed E-state index contributed by atoms with van der Waals surface area (Å²) in [6, 6.07) is 6.46. The molecule has 1 aliphatic heterocycles. The molecule has 0 saturated carbocycles. The van der Waals surface area contributed by atoms with Gasteiger partial charge in [0.2, 0.25) is 5.91 Å². The van der Waals surface area contributed by atoms with E-state index in [2.05, 4.69) is 0 Å². The van der Waals surface area contributed by atoms with Crippen molar-refractivity contribution in [3.8, 4) is 0 Å². The number of piperidine rings is 1. The second-order valence-corrected chi connectivity index (χ2v) is 4.60. The molecule has 1 aromatic rings. The first-order valence-electron chi connectivity index (χ1n) is 6.02. The number of rotatable bonds is 2. The molecule has 1 fully saturated rings. The first-order chi connectivity index (χ1) is 8.58. The molecule has 0 spiro atoms. The van der Waals surface area contributed by atoms with Crippen molar-refractivity contribution < 1.29 is 9.59 Å². The van der Waals surface area contributed by atoms with Gasteiger partial charge in [0.25, 0.3) is 5.91 Å². The Balaban J connectivity index is 2.10. The summed E-state index contributed by atoms with van der Waals surface area (Å²) in [6.07, 6.45) is 1.90. The van der Waals surface area contributed by atoms with Crippen LogP contribution in [0.25, 0.3) is 0 Å². The largest absolute Gasteiger partial charge is 0.366 e. The minimum absolute atomic E-state index is 0.0406. The monoisotopic (exact) mass is 247 g/mol. The van der Waals surface area contributed by atoms with E-state index in [1.807, 2.05) is 0 Å². The number of nitrogens with two attached hydrogens (primary N) is 2. The van der Waals surface area contributed by atoms with E-state index in [4.69, 9.17) is 11.5 Å². The molecule has 5 nitrogen and oxygen atoms in total.